The number of amides is 2. The molecule has 0 aromatic heterocycles. The van der Waals surface area contributed by atoms with Crippen molar-refractivity contribution in [1.29, 1.82) is 0 Å². The predicted octanol–water partition coefficient (Wildman–Crippen LogP) is 3.16. The molecule has 0 aliphatic rings. The van der Waals surface area contributed by atoms with E-state index in [1.807, 2.05) is 48.5 Å². The van der Waals surface area contributed by atoms with Gasteiger partial charge in [0.1, 0.15) is 12.4 Å². The fourth-order valence-corrected chi connectivity index (χ4v) is 2.55. The monoisotopic (exact) mass is 316 g/mol. The van der Waals surface area contributed by atoms with Crippen LogP contribution in [0.1, 0.15) is 0 Å². The van der Waals surface area contributed by atoms with Gasteiger partial charge in [0.15, 0.2) is 0 Å². The van der Waals surface area contributed by atoms with E-state index in [4.69, 9.17) is 4.74 Å². The molecule has 0 spiro atoms. The zero-order valence-electron chi connectivity index (χ0n) is 12.3. The fourth-order valence-electron chi connectivity index (χ4n) is 1.76. The third-order valence-electron chi connectivity index (χ3n) is 2.80. The molecule has 0 saturated carbocycles. The summed E-state index contributed by atoms with van der Waals surface area (Å²) in [4.78, 5) is 12.8. The zero-order chi connectivity index (χ0) is 15.5. The Morgan fingerprint density at radius 1 is 0.909 bits per heavy atom. The van der Waals surface area contributed by atoms with Crippen LogP contribution in [0.4, 0.5) is 4.79 Å². The van der Waals surface area contributed by atoms with Crippen LogP contribution in [-0.4, -0.2) is 31.5 Å². The Labute approximate surface area is 135 Å². The van der Waals surface area contributed by atoms with Gasteiger partial charge in [-0.2, -0.15) is 0 Å². The van der Waals surface area contributed by atoms with Gasteiger partial charge in [-0.25, -0.2) is 4.79 Å². The van der Waals surface area contributed by atoms with Crippen molar-refractivity contribution < 1.29 is 9.53 Å². The number of rotatable bonds is 8. The van der Waals surface area contributed by atoms with Crippen molar-refractivity contribution in [1.82, 2.24) is 10.6 Å². The molecule has 2 amide bonds. The lowest BCUT2D eigenvalue weighted by atomic mass is 10.3. The van der Waals surface area contributed by atoms with Gasteiger partial charge in [0.05, 0.1) is 6.54 Å². The maximum absolute atomic E-state index is 11.6. The van der Waals surface area contributed by atoms with E-state index >= 15 is 0 Å². The molecule has 0 unspecified atom stereocenters. The Kier molecular flexibility index (Phi) is 7.18. The molecule has 2 N–H and O–H groups in total. The van der Waals surface area contributed by atoms with Crippen LogP contribution < -0.4 is 15.4 Å². The first-order valence-electron chi connectivity index (χ1n) is 7.22. The van der Waals surface area contributed by atoms with Gasteiger partial charge in [0.25, 0.3) is 0 Å². The first-order chi connectivity index (χ1) is 10.8. The lowest BCUT2D eigenvalue weighted by Gasteiger charge is -2.09. The number of para-hydroxylation sites is 1. The predicted molar refractivity (Wildman–Crippen MR) is 90.5 cm³/mol. The van der Waals surface area contributed by atoms with Gasteiger partial charge >= 0.3 is 6.03 Å². The van der Waals surface area contributed by atoms with Gasteiger partial charge in [-0.15, -0.1) is 11.8 Å². The first kappa shape index (κ1) is 16.2. The van der Waals surface area contributed by atoms with E-state index in [2.05, 4.69) is 22.8 Å². The maximum Gasteiger partial charge on any atom is 0.314 e. The summed E-state index contributed by atoms with van der Waals surface area (Å²) in [6.45, 7) is 1.56. The van der Waals surface area contributed by atoms with Gasteiger partial charge in [-0.3, -0.25) is 0 Å². The molecule has 4 nitrogen and oxygen atoms in total. The summed E-state index contributed by atoms with van der Waals surface area (Å²) in [5.74, 6) is 1.65. The SMILES string of the molecule is O=C(NCCOc1ccccc1)NCCSc1ccccc1. The van der Waals surface area contributed by atoms with Gasteiger partial charge in [0, 0.05) is 17.2 Å². The molecule has 116 valence electrons. The van der Waals surface area contributed by atoms with Crippen LogP contribution in [0.2, 0.25) is 0 Å². The second-order valence-corrected chi connectivity index (χ2v) is 5.67. The summed E-state index contributed by atoms with van der Waals surface area (Å²) in [6.07, 6.45) is 0. The molecule has 2 rings (SSSR count). The smallest absolute Gasteiger partial charge is 0.314 e. The van der Waals surface area contributed by atoms with E-state index in [0.29, 0.717) is 19.7 Å². The molecule has 2 aromatic rings. The van der Waals surface area contributed by atoms with Crippen LogP contribution in [-0.2, 0) is 0 Å². The highest BCUT2D eigenvalue weighted by Crippen LogP contribution is 2.15. The highest BCUT2D eigenvalue weighted by atomic mass is 32.2. The number of carbonyl (C=O) groups excluding carboxylic acids is 1. The molecular formula is C17H20N2O2S. The van der Waals surface area contributed by atoms with Crippen molar-refractivity contribution in [2.24, 2.45) is 0 Å². The van der Waals surface area contributed by atoms with Crippen molar-refractivity contribution in [3.05, 3.63) is 60.7 Å². The minimum atomic E-state index is -0.162. The Balaban J connectivity index is 1.49. The van der Waals surface area contributed by atoms with Crippen molar-refractivity contribution in [3.63, 3.8) is 0 Å². The van der Waals surface area contributed by atoms with E-state index < -0.39 is 0 Å². The van der Waals surface area contributed by atoms with Gasteiger partial charge in [-0.05, 0) is 24.3 Å². The molecule has 0 saturated heterocycles. The lowest BCUT2D eigenvalue weighted by molar-refractivity contribution is 0.237. The average molecular weight is 316 g/mol. The highest BCUT2D eigenvalue weighted by molar-refractivity contribution is 7.99. The Hall–Kier alpha value is -2.14. The van der Waals surface area contributed by atoms with E-state index in [1.165, 1.54) is 4.90 Å². The molecule has 0 heterocycles. The van der Waals surface area contributed by atoms with Crippen LogP contribution in [0.3, 0.4) is 0 Å². The minimum absolute atomic E-state index is 0.162. The quantitative estimate of drug-likeness (QED) is 0.581. The number of carbonyl (C=O) groups is 1. The fraction of sp³-hybridized carbons (Fsp3) is 0.235. The Bertz CT molecular complexity index is 500. The first-order valence-corrected chi connectivity index (χ1v) is 8.20. The van der Waals surface area contributed by atoms with Crippen molar-refractivity contribution in [2.75, 3.05) is 25.4 Å². The van der Waals surface area contributed by atoms with Gasteiger partial charge in [0.2, 0.25) is 0 Å². The van der Waals surface area contributed by atoms with Crippen LogP contribution in [0.5, 0.6) is 5.75 Å². The van der Waals surface area contributed by atoms with Crippen LogP contribution in [0, 0.1) is 0 Å². The standard InChI is InChI=1S/C17H20N2O2S/c20-17(18-11-13-21-15-7-3-1-4-8-15)19-12-14-22-16-9-5-2-6-10-16/h1-10H,11-14H2,(H2,18,19,20). The second-order valence-electron chi connectivity index (χ2n) is 4.51. The van der Waals surface area contributed by atoms with Gasteiger partial charge in [-0.1, -0.05) is 36.4 Å². The molecule has 0 atom stereocenters. The summed E-state index contributed by atoms with van der Waals surface area (Å²) in [7, 11) is 0. The van der Waals surface area contributed by atoms with E-state index in [-0.39, 0.29) is 6.03 Å². The van der Waals surface area contributed by atoms with E-state index in [1.54, 1.807) is 11.8 Å². The molecule has 0 aliphatic heterocycles. The Morgan fingerprint density at radius 3 is 2.27 bits per heavy atom. The second kappa shape index (κ2) is 9.73. The lowest BCUT2D eigenvalue weighted by Crippen LogP contribution is -2.38. The number of hydrogen-bond acceptors (Lipinski definition) is 3. The summed E-state index contributed by atoms with van der Waals surface area (Å²) in [5.41, 5.74) is 0. The summed E-state index contributed by atoms with van der Waals surface area (Å²) in [6, 6.07) is 19.5. The number of benzene rings is 2. The number of nitrogens with one attached hydrogen (secondary N) is 2. The zero-order valence-corrected chi connectivity index (χ0v) is 13.1. The maximum atomic E-state index is 11.6. The molecule has 22 heavy (non-hydrogen) atoms. The normalized spacial score (nSPS) is 10.0. The number of urea groups is 1. The van der Waals surface area contributed by atoms with Crippen molar-refractivity contribution >= 4 is 17.8 Å². The van der Waals surface area contributed by atoms with Crippen LogP contribution >= 0.6 is 11.8 Å². The summed E-state index contributed by atoms with van der Waals surface area (Å²) >= 11 is 1.72. The molecule has 0 radical (unpaired) electrons. The highest BCUT2D eigenvalue weighted by Gasteiger charge is 1.99. The summed E-state index contributed by atoms with van der Waals surface area (Å²) in [5, 5.41) is 5.59. The van der Waals surface area contributed by atoms with E-state index in [0.717, 1.165) is 11.5 Å². The third-order valence-corrected chi connectivity index (χ3v) is 3.81. The summed E-state index contributed by atoms with van der Waals surface area (Å²) < 4.78 is 5.49. The van der Waals surface area contributed by atoms with Crippen LogP contribution in [0.25, 0.3) is 0 Å². The molecular weight excluding hydrogens is 296 g/mol. The van der Waals surface area contributed by atoms with Crippen molar-refractivity contribution in [2.45, 2.75) is 4.90 Å². The Morgan fingerprint density at radius 2 is 1.55 bits per heavy atom. The number of thioether (sulfide) groups is 1. The molecule has 0 bridgehead atoms. The minimum Gasteiger partial charge on any atom is -0.492 e. The molecule has 2 aromatic carbocycles. The van der Waals surface area contributed by atoms with Crippen LogP contribution in [0.15, 0.2) is 65.6 Å². The van der Waals surface area contributed by atoms with E-state index in [9.17, 15) is 4.79 Å². The average Bonchev–Trinajstić information content (AvgIpc) is 2.57. The topological polar surface area (TPSA) is 50.4 Å². The van der Waals surface area contributed by atoms with Gasteiger partial charge < -0.3 is 15.4 Å². The third kappa shape index (κ3) is 6.54. The number of ether oxygens (including phenoxy) is 1. The molecule has 5 heteroatoms. The largest absolute Gasteiger partial charge is 0.492 e. The van der Waals surface area contributed by atoms with Crippen molar-refractivity contribution in [3.8, 4) is 5.75 Å². The molecule has 0 aliphatic carbocycles. The number of hydrogen-bond donors (Lipinski definition) is 2. The molecule has 0 fully saturated rings.